The van der Waals surface area contributed by atoms with Gasteiger partial charge >= 0.3 is 6.18 Å². The number of nitrogens with one attached hydrogen (secondary N) is 1. The lowest BCUT2D eigenvalue weighted by molar-refractivity contribution is -0.141. The number of alkyl halides is 3. The number of carbonyl (C=O) groups is 1. The quantitative estimate of drug-likeness (QED) is 0.258. The van der Waals surface area contributed by atoms with Crippen LogP contribution in [0, 0.1) is 5.82 Å². The third-order valence-electron chi connectivity index (χ3n) is 3.91. The average Bonchev–Trinajstić information content (AvgIpc) is 2.69. The number of rotatable bonds is 5. The van der Waals surface area contributed by atoms with E-state index in [1.54, 1.807) is 36.4 Å². The third-order valence-corrected chi connectivity index (χ3v) is 5.36. The predicted octanol–water partition coefficient (Wildman–Crippen LogP) is 6.18. The molecule has 1 amide bonds. The van der Waals surface area contributed by atoms with Crippen molar-refractivity contribution in [3.05, 3.63) is 70.6 Å². The number of halogens is 5. The second kappa shape index (κ2) is 9.13. The van der Waals surface area contributed by atoms with Crippen molar-refractivity contribution in [2.75, 3.05) is 5.32 Å². The molecule has 1 aromatic heterocycles. The number of aromatic nitrogens is 2. The molecule has 2 aromatic carbocycles. The van der Waals surface area contributed by atoms with Crippen LogP contribution in [0.25, 0.3) is 11.3 Å². The van der Waals surface area contributed by atoms with Gasteiger partial charge in [0.1, 0.15) is 11.5 Å². The summed E-state index contributed by atoms with van der Waals surface area (Å²) >= 11 is 3.87. The molecule has 10 heteroatoms. The van der Waals surface area contributed by atoms with Gasteiger partial charge in [-0.25, -0.2) is 14.4 Å². The van der Waals surface area contributed by atoms with E-state index in [0.717, 1.165) is 17.8 Å². The first kappa shape index (κ1) is 22.2. The molecule has 0 unspecified atom stereocenters. The van der Waals surface area contributed by atoms with Crippen molar-refractivity contribution in [2.45, 2.75) is 23.5 Å². The largest absolute Gasteiger partial charge is 0.433 e. The molecule has 0 aliphatic carbocycles. The Kier molecular flexibility index (Phi) is 6.77. The monoisotopic (exact) mass is 499 g/mol. The zero-order valence-corrected chi connectivity index (χ0v) is 17.8. The van der Waals surface area contributed by atoms with E-state index in [2.05, 4.69) is 31.2 Å². The number of nitrogens with zero attached hydrogens (tertiary/aromatic N) is 2. The molecule has 0 bridgehead atoms. The Morgan fingerprint density at radius 3 is 2.43 bits per heavy atom. The molecule has 0 spiro atoms. The van der Waals surface area contributed by atoms with Crippen LogP contribution in [0.3, 0.4) is 0 Å². The molecule has 0 aliphatic heterocycles. The van der Waals surface area contributed by atoms with Crippen LogP contribution in [0.1, 0.15) is 12.6 Å². The van der Waals surface area contributed by atoms with Crippen molar-refractivity contribution >= 4 is 39.3 Å². The molecule has 30 heavy (non-hydrogen) atoms. The van der Waals surface area contributed by atoms with Crippen LogP contribution in [-0.2, 0) is 11.0 Å². The van der Waals surface area contributed by atoms with Crippen LogP contribution in [0.4, 0.5) is 23.2 Å². The molecule has 0 aliphatic rings. The van der Waals surface area contributed by atoms with E-state index in [0.29, 0.717) is 10.0 Å². The Labute approximate surface area is 182 Å². The molecular weight excluding hydrogens is 486 g/mol. The van der Waals surface area contributed by atoms with E-state index in [-0.39, 0.29) is 16.5 Å². The highest BCUT2D eigenvalue weighted by Gasteiger charge is 2.34. The Bertz CT molecular complexity index is 1060. The summed E-state index contributed by atoms with van der Waals surface area (Å²) in [5.41, 5.74) is -0.565. The van der Waals surface area contributed by atoms with Gasteiger partial charge in [0.05, 0.1) is 16.6 Å². The van der Waals surface area contributed by atoms with Crippen molar-refractivity contribution in [1.29, 1.82) is 0 Å². The summed E-state index contributed by atoms with van der Waals surface area (Å²) in [7, 11) is 0. The molecule has 3 rings (SSSR count). The van der Waals surface area contributed by atoms with Crippen LogP contribution in [0.15, 0.2) is 64.2 Å². The van der Waals surface area contributed by atoms with Crippen molar-refractivity contribution in [1.82, 2.24) is 9.97 Å². The minimum Gasteiger partial charge on any atom is -0.323 e. The minimum absolute atomic E-state index is 0.0365. The number of hydrogen-bond donors (Lipinski definition) is 1. The molecule has 1 N–H and O–H groups in total. The van der Waals surface area contributed by atoms with Crippen LogP contribution < -0.4 is 5.32 Å². The number of benzene rings is 2. The Balaban J connectivity index is 1.84. The van der Waals surface area contributed by atoms with Gasteiger partial charge < -0.3 is 5.32 Å². The highest BCUT2D eigenvalue weighted by atomic mass is 79.9. The fourth-order valence-electron chi connectivity index (χ4n) is 2.42. The van der Waals surface area contributed by atoms with Crippen molar-refractivity contribution in [2.24, 2.45) is 0 Å². The standard InChI is InChI=1S/C20H14BrF4N3OS/c1-11(18(29)26-15-8-7-13(21)9-14(15)22)30-19-27-16(12-5-3-2-4-6-12)10-17(28-19)20(23,24)25/h2-11H,1H3,(H,26,29)/t11-/m1/s1. The predicted molar refractivity (Wildman–Crippen MR) is 111 cm³/mol. The fourth-order valence-corrected chi connectivity index (χ4v) is 3.53. The van der Waals surface area contributed by atoms with Gasteiger partial charge in [-0.05, 0) is 31.2 Å². The molecule has 4 nitrogen and oxygen atoms in total. The van der Waals surface area contributed by atoms with Gasteiger partial charge in [-0.2, -0.15) is 13.2 Å². The maximum absolute atomic E-state index is 13.9. The molecule has 0 saturated heterocycles. The summed E-state index contributed by atoms with van der Waals surface area (Å²) in [5.74, 6) is -1.24. The lowest BCUT2D eigenvalue weighted by Gasteiger charge is -2.14. The van der Waals surface area contributed by atoms with Gasteiger partial charge in [0.25, 0.3) is 0 Å². The molecular formula is C20H14BrF4N3OS. The number of thioether (sulfide) groups is 1. The lowest BCUT2D eigenvalue weighted by atomic mass is 10.1. The zero-order valence-electron chi connectivity index (χ0n) is 15.4. The van der Waals surface area contributed by atoms with Crippen LogP contribution in [-0.4, -0.2) is 21.1 Å². The number of anilines is 1. The maximum atomic E-state index is 13.9. The number of hydrogen-bond acceptors (Lipinski definition) is 4. The molecule has 1 heterocycles. The first-order chi connectivity index (χ1) is 14.1. The van der Waals surface area contributed by atoms with Gasteiger partial charge in [-0.1, -0.05) is 58.0 Å². The van der Waals surface area contributed by atoms with Gasteiger partial charge in [0.15, 0.2) is 5.16 Å². The second-order valence-corrected chi connectivity index (χ2v) is 8.38. The van der Waals surface area contributed by atoms with Crippen LogP contribution in [0.5, 0.6) is 0 Å². The van der Waals surface area contributed by atoms with Gasteiger partial charge in [-0.15, -0.1) is 0 Å². The van der Waals surface area contributed by atoms with Crippen molar-refractivity contribution in [3.8, 4) is 11.3 Å². The topological polar surface area (TPSA) is 54.9 Å². The fraction of sp³-hybridized carbons (Fsp3) is 0.150. The molecule has 156 valence electrons. The smallest absolute Gasteiger partial charge is 0.323 e. The molecule has 0 radical (unpaired) electrons. The van der Waals surface area contributed by atoms with E-state index in [1.807, 2.05) is 0 Å². The van der Waals surface area contributed by atoms with E-state index < -0.39 is 28.8 Å². The molecule has 3 aromatic rings. The van der Waals surface area contributed by atoms with E-state index in [1.165, 1.54) is 19.1 Å². The molecule has 0 fully saturated rings. The van der Waals surface area contributed by atoms with Crippen molar-refractivity contribution in [3.63, 3.8) is 0 Å². The van der Waals surface area contributed by atoms with E-state index in [9.17, 15) is 22.4 Å². The normalized spacial score (nSPS) is 12.5. The Morgan fingerprint density at radius 1 is 1.10 bits per heavy atom. The molecule has 0 saturated carbocycles. The summed E-state index contributed by atoms with van der Waals surface area (Å²) in [5, 5.41) is 1.33. The molecule has 1 atom stereocenters. The lowest BCUT2D eigenvalue weighted by Crippen LogP contribution is -2.23. The van der Waals surface area contributed by atoms with Gasteiger partial charge in [0.2, 0.25) is 5.91 Å². The van der Waals surface area contributed by atoms with E-state index >= 15 is 0 Å². The first-order valence-electron chi connectivity index (χ1n) is 8.58. The summed E-state index contributed by atoms with van der Waals surface area (Å²) in [6, 6.07) is 13.3. The second-order valence-electron chi connectivity index (χ2n) is 6.16. The summed E-state index contributed by atoms with van der Waals surface area (Å²) < 4.78 is 54.3. The third kappa shape index (κ3) is 5.57. The zero-order chi connectivity index (χ0) is 21.9. The Hall–Kier alpha value is -2.46. The minimum atomic E-state index is -4.67. The first-order valence-corrected chi connectivity index (χ1v) is 10.2. The average molecular weight is 500 g/mol. The SMILES string of the molecule is C[C@@H](Sc1nc(-c2ccccc2)cc(C(F)(F)F)n1)C(=O)Nc1ccc(Br)cc1F. The van der Waals surface area contributed by atoms with Crippen LogP contribution >= 0.6 is 27.7 Å². The highest BCUT2D eigenvalue weighted by molar-refractivity contribution is 9.10. The summed E-state index contributed by atoms with van der Waals surface area (Å²) in [4.78, 5) is 20.1. The van der Waals surface area contributed by atoms with E-state index in [4.69, 9.17) is 0 Å². The van der Waals surface area contributed by atoms with Crippen LogP contribution in [0.2, 0.25) is 0 Å². The highest BCUT2D eigenvalue weighted by Crippen LogP contribution is 2.33. The number of carbonyl (C=O) groups excluding carboxylic acids is 1. The number of amides is 1. The Morgan fingerprint density at radius 2 is 1.80 bits per heavy atom. The summed E-state index contributed by atoms with van der Waals surface area (Å²) in [6.45, 7) is 1.47. The van der Waals surface area contributed by atoms with Gasteiger partial charge in [-0.3, -0.25) is 4.79 Å². The summed E-state index contributed by atoms with van der Waals surface area (Å²) in [6.07, 6.45) is -4.67. The maximum Gasteiger partial charge on any atom is 0.433 e. The van der Waals surface area contributed by atoms with Gasteiger partial charge in [0, 0.05) is 10.0 Å². The van der Waals surface area contributed by atoms with Crippen molar-refractivity contribution < 1.29 is 22.4 Å².